The number of para-hydroxylation sites is 2. The molecule has 0 N–H and O–H groups in total. The quantitative estimate of drug-likeness (QED) is 0.164. The predicted octanol–water partition coefficient (Wildman–Crippen LogP) is 16.1. The molecule has 62 heavy (non-hydrogen) atoms. The molecular weight excluding hydrogens is 749 g/mol. The number of hydrogen-bond acceptors (Lipinski definition) is 0. The lowest BCUT2D eigenvalue weighted by molar-refractivity contribution is 0.353. The molecule has 2 aromatic heterocycles. The molecule has 0 unspecified atom stereocenters. The highest BCUT2D eigenvalue weighted by atomic mass is 15.0. The van der Waals surface area contributed by atoms with Crippen LogP contribution in [-0.4, -0.2) is 9.13 Å². The van der Waals surface area contributed by atoms with Gasteiger partial charge in [-0.3, -0.25) is 0 Å². The summed E-state index contributed by atoms with van der Waals surface area (Å²) in [7, 11) is 0. The van der Waals surface area contributed by atoms with E-state index in [0.717, 1.165) is 0 Å². The van der Waals surface area contributed by atoms with Crippen molar-refractivity contribution in [3.8, 4) is 55.9 Å². The summed E-state index contributed by atoms with van der Waals surface area (Å²) in [6.45, 7) is 0. The lowest BCUT2D eigenvalue weighted by Gasteiger charge is -2.36. The monoisotopic (exact) mass is 792 g/mol. The number of nitrogens with zero attached hydrogens (tertiary/aromatic N) is 2. The fraction of sp³-hybridized carbons (Fsp3) is 0.100. The molecule has 0 radical (unpaired) electrons. The Morgan fingerprint density at radius 3 is 1.42 bits per heavy atom. The zero-order valence-electron chi connectivity index (χ0n) is 34.6. The fourth-order valence-electron chi connectivity index (χ4n) is 11.4. The molecule has 9 aromatic carbocycles. The Bertz CT molecular complexity index is 3540. The molecule has 2 aliphatic rings. The molecule has 0 atom stereocenters. The topological polar surface area (TPSA) is 9.86 Å². The zero-order valence-corrected chi connectivity index (χ0v) is 34.6. The summed E-state index contributed by atoms with van der Waals surface area (Å²) in [6.07, 6.45) is 6.18. The number of hydrogen-bond donors (Lipinski definition) is 0. The molecule has 13 rings (SSSR count). The third-order valence-corrected chi connectivity index (χ3v) is 14.3. The minimum atomic E-state index is 0.000420. The second kappa shape index (κ2) is 13.8. The third kappa shape index (κ3) is 5.29. The Kier molecular flexibility index (Phi) is 7.87. The van der Waals surface area contributed by atoms with Gasteiger partial charge in [0, 0.05) is 38.3 Å². The van der Waals surface area contributed by atoms with E-state index in [1.54, 1.807) is 0 Å². The maximum absolute atomic E-state index is 2.60. The van der Waals surface area contributed by atoms with Gasteiger partial charge in [0.05, 0.1) is 22.1 Å². The normalized spacial score (nSPS) is 14.3. The average molecular weight is 793 g/mol. The van der Waals surface area contributed by atoms with Gasteiger partial charge < -0.3 is 9.13 Å². The van der Waals surface area contributed by atoms with Crippen LogP contribution in [0.5, 0.6) is 0 Å². The molecule has 0 aliphatic heterocycles. The maximum Gasteiger partial charge on any atom is 0.0547 e. The van der Waals surface area contributed by atoms with Gasteiger partial charge in [-0.2, -0.15) is 0 Å². The molecule has 2 nitrogen and oxygen atoms in total. The van der Waals surface area contributed by atoms with Crippen LogP contribution >= 0.6 is 0 Å². The van der Waals surface area contributed by atoms with Gasteiger partial charge in [-0.05, 0) is 129 Å². The summed E-state index contributed by atoms with van der Waals surface area (Å²) in [6, 6.07) is 77.1. The molecule has 1 saturated carbocycles. The van der Waals surface area contributed by atoms with E-state index in [4.69, 9.17) is 0 Å². The minimum absolute atomic E-state index is 0.000420. The fourth-order valence-corrected chi connectivity index (χ4v) is 11.4. The molecule has 0 bridgehead atoms. The predicted molar refractivity (Wildman–Crippen MR) is 261 cm³/mol. The van der Waals surface area contributed by atoms with Gasteiger partial charge in [-0.25, -0.2) is 0 Å². The van der Waals surface area contributed by atoms with Gasteiger partial charge in [0.2, 0.25) is 0 Å². The van der Waals surface area contributed by atoms with Gasteiger partial charge >= 0.3 is 0 Å². The van der Waals surface area contributed by atoms with Crippen LogP contribution in [-0.2, 0) is 5.41 Å². The first-order valence-electron chi connectivity index (χ1n) is 22.3. The highest BCUT2D eigenvalue weighted by Crippen LogP contribution is 2.58. The van der Waals surface area contributed by atoms with Gasteiger partial charge in [0.1, 0.15) is 0 Å². The smallest absolute Gasteiger partial charge is 0.0547 e. The highest BCUT2D eigenvalue weighted by Gasteiger charge is 2.44. The minimum Gasteiger partial charge on any atom is -0.309 e. The van der Waals surface area contributed by atoms with Crippen LogP contribution in [0.1, 0.15) is 43.2 Å². The lowest BCUT2D eigenvalue weighted by Crippen LogP contribution is -2.28. The first kappa shape index (κ1) is 35.3. The van der Waals surface area contributed by atoms with Crippen LogP contribution in [0.4, 0.5) is 0 Å². The van der Waals surface area contributed by atoms with Crippen molar-refractivity contribution in [2.24, 2.45) is 0 Å². The molecule has 2 heterocycles. The second-order valence-corrected chi connectivity index (χ2v) is 17.6. The average Bonchev–Trinajstić information content (AvgIpc) is 3.94. The molecule has 1 spiro atoms. The van der Waals surface area contributed by atoms with Crippen LogP contribution in [0.3, 0.4) is 0 Å². The van der Waals surface area contributed by atoms with E-state index in [0.29, 0.717) is 0 Å². The summed E-state index contributed by atoms with van der Waals surface area (Å²) in [5.74, 6) is 0. The van der Waals surface area contributed by atoms with E-state index < -0.39 is 0 Å². The van der Waals surface area contributed by atoms with Gasteiger partial charge in [-0.15, -0.1) is 0 Å². The molecule has 0 amide bonds. The summed E-state index contributed by atoms with van der Waals surface area (Å²) < 4.78 is 4.97. The molecule has 1 fully saturated rings. The Morgan fingerprint density at radius 1 is 0.290 bits per heavy atom. The first-order chi connectivity index (χ1) is 30.7. The van der Waals surface area contributed by atoms with Crippen molar-refractivity contribution in [2.75, 3.05) is 0 Å². The Labute approximate surface area is 362 Å². The molecule has 2 aliphatic carbocycles. The third-order valence-electron chi connectivity index (χ3n) is 14.3. The van der Waals surface area contributed by atoms with Crippen molar-refractivity contribution in [3.05, 3.63) is 217 Å². The van der Waals surface area contributed by atoms with E-state index in [2.05, 4.69) is 215 Å². The first-order valence-corrected chi connectivity index (χ1v) is 22.3. The number of fused-ring (bicyclic) bond motifs is 11. The second-order valence-electron chi connectivity index (χ2n) is 17.6. The van der Waals surface area contributed by atoms with E-state index in [9.17, 15) is 0 Å². The summed E-state index contributed by atoms with van der Waals surface area (Å²) in [5.41, 5.74) is 20.6. The van der Waals surface area contributed by atoms with Crippen molar-refractivity contribution in [1.82, 2.24) is 9.13 Å². The Balaban J connectivity index is 0.985. The van der Waals surface area contributed by atoms with Crippen LogP contribution in [0.2, 0.25) is 0 Å². The van der Waals surface area contributed by atoms with Crippen molar-refractivity contribution >= 4 is 43.6 Å². The highest BCUT2D eigenvalue weighted by molar-refractivity contribution is 6.12. The standard InChI is InChI=1S/C60H44N2/c1-4-16-40(17-5-1)42-20-14-22-46(34-42)61-56-26-10-8-24-49(56)51-31-29-45(37-58(51)61)44-28-30-48-52-39-59-53(38-55(52)60(54(48)36-44)32-12-3-13-33-60)50-25-9-11-27-57(50)62(59)47-23-15-21-43(35-47)41-18-6-2-7-19-41/h1-2,4-11,14-31,34-39H,3,12-13,32-33H2. The van der Waals surface area contributed by atoms with E-state index >= 15 is 0 Å². The number of benzene rings is 9. The van der Waals surface area contributed by atoms with Crippen LogP contribution in [0, 0.1) is 0 Å². The Morgan fingerprint density at radius 2 is 0.774 bits per heavy atom. The molecule has 0 saturated heterocycles. The van der Waals surface area contributed by atoms with Crippen LogP contribution in [0.25, 0.3) is 99.5 Å². The van der Waals surface area contributed by atoms with Crippen molar-refractivity contribution in [1.29, 1.82) is 0 Å². The molecular formula is C60H44N2. The van der Waals surface area contributed by atoms with Gasteiger partial charge in [0.25, 0.3) is 0 Å². The number of aromatic nitrogens is 2. The van der Waals surface area contributed by atoms with Crippen molar-refractivity contribution in [2.45, 2.75) is 37.5 Å². The summed E-state index contributed by atoms with van der Waals surface area (Å²) in [4.78, 5) is 0. The lowest BCUT2D eigenvalue weighted by atomic mass is 9.67. The molecule has 294 valence electrons. The SMILES string of the molecule is c1ccc(-c2cccc(-n3c4ccccc4c4ccc(-c5ccc6c(c5)C5(CCCCC5)c5cc7c8ccccc8n(-c8cccc(-c9ccccc9)c8)c7cc5-6)cc43)c2)cc1. The summed E-state index contributed by atoms with van der Waals surface area (Å²) in [5, 5.41) is 5.22. The molecule has 11 aromatic rings. The van der Waals surface area contributed by atoms with Crippen LogP contribution in [0.15, 0.2) is 206 Å². The summed E-state index contributed by atoms with van der Waals surface area (Å²) >= 11 is 0. The maximum atomic E-state index is 2.60. The van der Waals surface area contributed by atoms with E-state index in [1.165, 1.54) is 143 Å². The Hall–Kier alpha value is -7.42. The van der Waals surface area contributed by atoms with E-state index in [1.807, 2.05) is 0 Å². The zero-order chi connectivity index (χ0) is 40.8. The van der Waals surface area contributed by atoms with Gasteiger partial charge in [0.15, 0.2) is 0 Å². The number of rotatable bonds is 5. The molecule has 2 heteroatoms. The largest absolute Gasteiger partial charge is 0.309 e. The van der Waals surface area contributed by atoms with Gasteiger partial charge in [-0.1, -0.05) is 165 Å². The van der Waals surface area contributed by atoms with Crippen molar-refractivity contribution < 1.29 is 0 Å². The van der Waals surface area contributed by atoms with Crippen molar-refractivity contribution in [3.63, 3.8) is 0 Å². The van der Waals surface area contributed by atoms with E-state index in [-0.39, 0.29) is 5.41 Å². The van der Waals surface area contributed by atoms with Crippen LogP contribution < -0.4 is 0 Å².